The first-order valence-electron chi connectivity index (χ1n) is 10.9. The van der Waals surface area contributed by atoms with Gasteiger partial charge in [0.15, 0.2) is 11.0 Å². The molecule has 0 radical (unpaired) electrons. The van der Waals surface area contributed by atoms with Gasteiger partial charge >= 0.3 is 0 Å². The normalized spacial score (nSPS) is 16.4. The van der Waals surface area contributed by atoms with Crippen molar-refractivity contribution >= 4 is 34.9 Å². The minimum Gasteiger partial charge on any atom is -0.278 e. The zero-order chi connectivity index (χ0) is 23.5. The summed E-state index contributed by atoms with van der Waals surface area (Å²) >= 11 is 2.91. The maximum Gasteiger partial charge on any atom is 0.260 e. The van der Waals surface area contributed by atoms with E-state index in [0.29, 0.717) is 29.5 Å². The van der Waals surface area contributed by atoms with Crippen LogP contribution in [0.1, 0.15) is 29.6 Å². The van der Waals surface area contributed by atoms with E-state index < -0.39 is 17.0 Å². The Morgan fingerprint density at radius 3 is 2.53 bits per heavy atom. The van der Waals surface area contributed by atoms with Crippen LogP contribution in [0.15, 0.2) is 77.3 Å². The van der Waals surface area contributed by atoms with Crippen molar-refractivity contribution in [3.63, 3.8) is 0 Å². The topological polar surface area (TPSA) is 68.1 Å². The lowest BCUT2D eigenvalue weighted by molar-refractivity contribution is -0.127. The summed E-state index contributed by atoms with van der Waals surface area (Å²) in [5.74, 6) is -0.364. The molecule has 0 aliphatic carbocycles. The van der Waals surface area contributed by atoms with Gasteiger partial charge < -0.3 is 0 Å². The Morgan fingerprint density at radius 1 is 1.00 bits per heavy atom. The van der Waals surface area contributed by atoms with Gasteiger partial charge in [-0.05, 0) is 60.7 Å². The fourth-order valence-electron chi connectivity index (χ4n) is 3.92. The van der Waals surface area contributed by atoms with Gasteiger partial charge in [0.2, 0.25) is 5.91 Å². The van der Waals surface area contributed by atoms with Gasteiger partial charge in [0, 0.05) is 17.8 Å². The SMILES string of the molecule is O=C(c1ccc(F)cc1)N1CCCC[C@H](Sc2nnc(-c3cccs3)n2-c2ccccc2)C1=O. The number of rotatable bonds is 5. The Labute approximate surface area is 204 Å². The number of benzene rings is 2. The molecule has 2 amide bonds. The van der Waals surface area contributed by atoms with Gasteiger partial charge in [0.1, 0.15) is 5.82 Å². The highest BCUT2D eigenvalue weighted by Crippen LogP contribution is 2.35. The first kappa shape index (κ1) is 22.5. The predicted molar refractivity (Wildman–Crippen MR) is 131 cm³/mol. The number of carbonyl (C=O) groups excluding carboxylic acids is 2. The maximum atomic E-state index is 13.5. The molecule has 6 nitrogen and oxygen atoms in total. The van der Waals surface area contributed by atoms with Crippen molar-refractivity contribution in [1.29, 1.82) is 0 Å². The molecule has 172 valence electrons. The summed E-state index contributed by atoms with van der Waals surface area (Å²) in [4.78, 5) is 28.8. The number of hydrogen-bond acceptors (Lipinski definition) is 6. The van der Waals surface area contributed by atoms with Crippen LogP contribution in [0.25, 0.3) is 16.4 Å². The average molecular weight is 493 g/mol. The highest BCUT2D eigenvalue weighted by molar-refractivity contribution is 8.00. The molecule has 1 fully saturated rings. The summed E-state index contributed by atoms with van der Waals surface area (Å²) in [5, 5.41) is 11.0. The molecule has 34 heavy (non-hydrogen) atoms. The number of amides is 2. The van der Waals surface area contributed by atoms with E-state index in [9.17, 15) is 14.0 Å². The summed E-state index contributed by atoms with van der Waals surface area (Å²) in [6.07, 6.45) is 2.17. The van der Waals surface area contributed by atoms with Gasteiger partial charge in [0.25, 0.3) is 5.91 Å². The largest absolute Gasteiger partial charge is 0.278 e. The van der Waals surface area contributed by atoms with Gasteiger partial charge in [-0.3, -0.25) is 19.1 Å². The highest BCUT2D eigenvalue weighted by atomic mass is 32.2. The predicted octanol–water partition coefficient (Wildman–Crippen LogP) is 5.45. The van der Waals surface area contributed by atoms with Gasteiger partial charge in [0.05, 0.1) is 10.1 Å². The van der Waals surface area contributed by atoms with Crippen LogP contribution < -0.4 is 0 Å². The molecule has 0 spiro atoms. The van der Waals surface area contributed by atoms with Crippen molar-refractivity contribution in [2.75, 3.05) is 6.54 Å². The number of hydrogen-bond donors (Lipinski definition) is 0. The maximum absolute atomic E-state index is 13.5. The van der Waals surface area contributed by atoms with Crippen LogP contribution >= 0.6 is 23.1 Å². The van der Waals surface area contributed by atoms with Gasteiger partial charge in [-0.15, -0.1) is 21.5 Å². The molecule has 9 heteroatoms. The number of carbonyl (C=O) groups is 2. The molecule has 2 aromatic carbocycles. The van der Waals surface area contributed by atoms with Crippen molar-refractivity contribution < 1.29 is 14.0 Å². The quantitative estimate of drug-likeness (QED) is 0.347. The summed E-state index contributed by atoms with van der Waals surface area (Å²) in [5.41, 5.74) is 1.20. The standard InChI is InChI=1S/C25H21FN4O2S2/c26-18-13-11-17(12-14-18)23(31)29-15-5-4-9-21(24(29)32)34-25-28-27-22(20-10-6-16-33-20)30(25)19-7-2-1-3-8-19/h1-3,6-8,10-14,16,21H,4-5,9,15H2/t21-/m0/s1. The van der Waals surface area contributed by atoms with Gasteiger partial charge in [-0.25, -0.2) is 4.39 Å². The second-order valence-corrected chi connectivity index (χ2v) is 9.98. The molecule has 1 atom stereocenters. The van der Waals surface area contributed by atoms with Crippen LogP contribution in [-0.2, 0) is 4.79 Å². The number of imide groups is 1. The Hall–Kier alpha value is -3.30. The molecule has 0 N–H and O–H groups in total. The van der Waals surface area contributed by atoms with Crippen molar-refractivity contribution in [2.45, 2.75) is 29.7 Å². The third-order valence-electron chi connectivity index (χ3n) is 5.61. The molecule has 3 heterocycles. The van der Waals surface area contributed by atoms with Crippen molar-refractivity contribution in [1.82, 2.24) is 19.7 Å². The van der Waals surface area contributed by atoms with Crippen LogP contribution in [0, 0.1) is 5.82 Å². The minimum absolute atomic E-state index is 0.253. The monoisotopic (exact) mass is 492 g/mol. The molecular weight excluding hydrogens is 471 g/mol. The van der Waals surface area contributed by atoms with E-state index >= 15 is 0 Å². The van der Waals surface area contributed by atoms with Gasteiger partial charge in [-0.2, -0.15) is 0 Å². The van der Waals surface area contributed by atoms with E-state index in [0.717, 1.165) is 23.4 Å². The van der Waals surface area contributed by atoms with E-state index in [1.807, 2.05) is 52.4 Å². The summed E-state index contributed by atoms with van der Waals surface area (Å²) in [6.45, 7) is 0.345. The second-order valence-electron chi connectivity index (χ2n) is 7.86. The smallest absolute Gasteiger partial charge is 0.260 e. The van der Waals surface area contributed by atoms with Crippen molar-refractivity contribution in [3.05, 3.63) is 83.5 Å². The van der Waals surface area contributed by atoms with Crippen LogP contribution in [0.4, 0.5) is 4.39 Å². The molecular formula is C25H21FN4O2S2. The Bertz CT molecular complexity index is 1290. The van der Waals surface area contributed by atoms with Gasteiger partial charge in [-0.1, -0.05) is 42.4 Å². The lowest BCUT2D eigenvalue weighted by Crippen LogP contribution is -2.41. The first-order valence-corrected chi connectivity index (χ1v) is 12.7. The van der Waals surface area contributed by atoms with E-state index in [4.69, 9.17) is 0 Å². The Kier molecular flexibility index (Phi) is 6.55. The van der Waals surface area contributed by atoms with Crippen LogP contribution in [0.2, 0.25) is 0 Å². The molecule has 1 saturated heterocycles. The third kappa shape index (κ3) is 4.53. The number of nitrogens with zero attached hydrogens (tertiary/aromatic N) is 4. The molecule has 0 bridgehead atoms. The molecule has 1 aliphatic rings. The number of thioether (sulfide) groups is 1. The lowest BCUT2D eigenvalue weighted by atomic mass is 10.2. The second kappa shape index (κ2) is 9.90. The molecule has 0 unspecified atom stereocenters. The molecule has 0 saturated carbocycles. The minimum atomic E-state index is -0.477. The molecule has 5 rings (SSSR count). The van der Waals surface area contributed by atoms with E-state index in [1.165, 1.54) is 40.9 Å². The molecule has 4 aromatic rings. The third-order valence-corrected chi connectivity index (χ3v) is 7.68. The zero-order valence-electron chi connectivity index (χ0n) is 18.1. The van der Waals surface area contributed by atoms with E-state index in [-0.39, 0.29) is 5.91 Å². The number of likely N-dealkylation sites (tertiary alicyclic amines) is 1. The summed E-state index contributed by atoms with van der Waals surface area (Å²) < 4.78 is 15.3. The number of thiophene rings is 1. The van der Waals surface area contributed by atoms with E-state index in [2.05, 4.69) is 10.2 Å². The summed E-state index contributed by atoms with van der Waals surface area (Å²) in [6, 6.07) is 19.0. The fraction of sp³-hybridized carbons (Fsp3) is 0.200. The lowest BCUT2D eigenvalue weighted by Gasteiger charge is -2.22. The number of aromatic nitrogens is 3. The number of halogens is 1. The zero-order valence-corrected chi connectivity index (χ0v) is 19.8. The Balaban J connectivity index is 1.46. The van der Waals surface area contributed by atoms with Crippen LogP contribution in [-0.4, -0.2) is 43.3 Å². The Morgan fingerprint density at radius 2 is 1.79 bits per heavy atom. The van der Waals surface area contributed by atoms with Crippen LogP contribution in [0.3, 0.4) is 0 Å². The summed E-state index contributed by atoms with van der Waals surface area (Å²) in [7, 11) is 0. The van der Waals surface area contributed by atoms with Crippen molar-refractivity contribution in [3.8, 4) is 16.4 Å². The molecule has 1 aliphatic heterocycles. The van der Waals surface area contributed by atoms with Crippen molar-refractivity contribution in [2.24, 2.45) is 0 Å². The van der Waals surface area contributed by atoms with E-state index in [1.54, 1.807) is 11.3 Å². The molecule has 2 aromatic heterocycles. The van der Waals surface area contributed by atoms with Crippen LogP contribution in [0.5, 0.6) is 0 Å². The first-order chi connectivity index (χ1) is 16.6. The fourth-order valence-corrected chi connectivity index (χ4v) is 5.77. The average Bonchev–Trinajstić information content (AvgIpc) is 3.50. The highest BCUT2D eigenvalue weighted by Gasteiger charge is 2.34. The number of para-hydroxylation sites is 1.